The van der Waals surface area contributed by atoms with E-state index in [4.69, 9.17) is 17.3 Å². The van der Waals surface area contributed by atoms with E-state index >= 15 is 0 Å². The average molecular weight is 295 g/mol. The molecule has 20 heavy (non-hydrogen) atoms. The highest BCUT2D eigenvalue weighted by Crippen LogP contribution is 2.33. The van der Waals surface area contributed by atoms with Crippen LogP contribution in [0.3, 0.4) is 0 Å². The quantitative estimate of drug-likeness (QED) is 0.905. The highest BCUT2D eigenvalue weighted by molar-refractivity contribution is 6.30. The number of nitrogens with two attached hydrogens (primary N) is 1. The van der Waals surface area contributed by atoms with Gasteiger partial charge in [0.05, 0.1) is 6.04 Å². The number of halogens is 1. The molecule has 1 aliphatic heterocycles. The summed E-state index contributed by atoms with van der Waals surface area (Å²) in [7, 11) is 0. The number of hydrogen-bond donors (Lipinski definition) is 1. The highest BCUT2D eigenvalue weighted by Gasteiger charge is 2.29. The normalized spacial score (nSPS) is 20.1. The molecule has 1 aliphatic rings. The number of amides is 1. The van der Waals surface area contributed by atoms with Gasteiger partial charge in [-0.15, -0.1) is 0 Å². The lowest BCUT2D eigenvalue weighted by molar-refractivity contribution is -0.132. The van der Waals surface area contributed by atoms with Crippen molar-refractivity contribution >= 4 is 17.5 Å². The van der Waals surface area contributed by atoms with E-state index in [1.165, 1.54) is 0 Å². The van der Waals surface area contributed by atoms with Crippen LogP contribution in [0.25, 0.3) is 0 Å². The second kappa shape index (κ2) is 7.09. The zero-order chi connectivity index (χ0) is 14.5. The fourth-order valence-electron chi connectivity index (χ4n) is 2.76. The molecule has 1 aromatic rings. The Bertz CT molecular complexity index is 464. The molecule has 1 saturated heterocycles. The van der Waals surface area contributed by atoms with E-state index in [1.807, 2.05) is 23.1 Å². The van der Waals surface area contributed by atoms with Crippen molar-refractivity contribution in [3.63, 3.8) is 0 Å². The minimum atomic E-state index is 0.189. The van der Waals surface area contributed by atoms with Gasteiger partial charge < -0.3 is 10.6 Å². The third kappa shape index (κ3) is 3.74. The molecule has 4 heteroatoms. The van der Waals surface area contributed by atoms with Crippen LogP contribution in [0, 0.1) is 5.92 Å². The molecule has 0 bridgehead atoms. The summed E-state index contributed by atoms with van der Waals surface area (Å²) in [5.74, 6) is 0.652. The van der Waals surface area contributed by atoms with Crippen molar-refractivity contribution in [2.24, 2.45) is 11.7 Å². The molecule has 1 fully saturated rings. The Kier molecular flexibility index (Phi) is 5.44. The van der Waals surface area contributed by atoms with Crippen LogP contribution in [-0.4, -0.2) is 23.9 Å². The Balaban J connectivity index is 2.02. The summed E-state index contributed by atoms with van der Waals surface area (Å²) in [5, 5.41) is 0.735. The molecular formula is C16H23ClN2O. The number of nitrogens with zero attached hydrogens (tertiary/aromatic N) is 1. The van der Waals surface area contributed by atoms with E-state index in [1.54, 1.807) is 0 Å². The Morgan fingerprint density at radius 3 is 3.05 bits per heavy atom. The molecule has 1 amide bonds. The number of carbonyl (C=O) groups excluding carboxylic acids is 1. The predicted octanol–water partition coefficient (Wildman–Crippen LogP) is 3.38. The number of likely N-dealkylation sites (tertiary alicyclic amines) is 1. The molecule has 2 atom stereocenters. The standard InChI is InChI=1S/C16H23ClN2O/c1-12(11-18)7-8-16(20)19-9-3-6-15(19)13-4-2-5-14(17)10-13/h2,4-5,10,12,15H,3,6-9,11,18H2,1H3. The molecule has 0 aromatic heterocycles. The van der Waals surface area contributed by atoms with E-state index in [0.717, 1.165) is 36.4 Å². The summed E-state index contributed by atoms with van der Waals surface area (Å²) in [6.45, 7) is 3.59. The molecule has 1 heterocycles. The lowest BCUT2D eigenvalue weighted by atomic mass is 10.0. The van der Waals surface area contributed by atoms with Crippen LogP contribution in [0.2, 0.25) is 5.02 Å². The van der Waals surface area contributed by atoms with E-state index in [9.17, 15) is 4.79 Å². The van der Waals surface area contributed by atoms with E-state index < -0.39 is 0 Å². The van der Waals surface area contributed by atoms with Crippen molar-refractivity contribution in [2.45, 2.75) is 38.6 Å². The summed E-state index contributed by atoms with van der Waals surface area (Å²) in [4.78, 5) is 14.4. The molecule has 3 nitrogen and oxygen atoms in total. The lowest BCUT2D eigenvalue weighted by Crippen LogP contribution is -2.31. The Morgan fingerprint density at radius 1 is 1.55 bits per heavy atom. The zero-order valence-corrected chi connectivity index (χ0v) is 12.8. The highest BCUT2D eigenvalue weighted by atomic mass is 35.5. The van der Waals surface area contributed by atoms with Gasteiger partial charge in [0.1, 0.15) is 0 Å². The third-order valence-corrected chi connectivity index (χ3v) is 4.30. The van der Waals surface area contributed by atoms with Crippen molar-refractivity contribution in [1.82, 2.24) is 4.90 Å². The van der Waals surface area contributed by atoms with Crippen LogP contribution >= 0.6 is 11.6 Å². The van der Waals surface area contributed by atoms with Gasteiger partial charge in [0.2, 0.25) is 5.91 Å². The van der Waals surface area contributed by atoms with Crippen LogP contribution in [0.4, 0.5) is 0 Å². The van der Waals surface area contributed by atoms with Crippen molar-refractivity contribution in [3.8, 4) is 0 Å². The predicted molar refractivity (Wildman–Crippen MR) is 82.6 cm³/mol. The van der Waals surface area contributed by atoms with Crippen molar-refractivity contribution in [1.29, 1.82) is 0 Å². The monoisotopic (exact) mass is 294 g/mol. The van der Waals surface area contributed by atoms with Gasteiger partial charge in [0.15, 0.2) is 0 Å². The van der Waals surface area contributed by atoms with Crippen molar-refractivity contribution in [3.05, 3.63) is 34.9 Å². The topological polar surface area (TPSA) is 46.3 Å². The molecule has 0 spiro atoms. The molecule has 2 rings (SSSR count). The smallest absolute Gasteiger partial charge is 0.223 e. The van der Waals surface area contributed by atoms with Crippen molar-refractivity contribution in [2.75, 3.05) is 13.1 Å². The minimum Gasteiger partial charge on any atom is -0.336 e. The molecule has 1 aromatic carbocycles. The first-order valence-corrected chi connectivity index (χ1v) is 7.74. The minimum absolute atomic E-state index is 0.189. The molecule has 2 N–H and O–H groups in total. The van der Waals surface area contributed by atoms with Crippen LogP contribution in [0.15, 0.2) is 24.3 Å². The second-order valence-electron chi connectivity index (χ2n) is 5.68. The lowest BCUT2D eigenvalue weighted by Gasteiger charge is -2.25. The van der Waals surface area contributed by atoms with Gasteiger partial charge in [-0.05, 0) is 49.4 Å². The Hall–Kier alpha value is -1.06. The maximum absolute atomic E-state index is 12.4. The average Bonchev–Trinajstić information content (AvgIpc) is 2.93. The molecule has 2 unspecified atom stereocenters. The van der Waals surface area contributed by atoms with Gasteiger partial charge >= 0.3 is 0 Å². The van der Waals surface area contributed by atoms with Crippen LogP contribution in [0.1, 0.15) is 44.2 Å². The third-order valence-electron chi connectivity index (χ3n) is 4.06. The van der Waals surface area contributed by atoms with Gasteiger partial charge in [0.25, 0.3) is 0 Å². The molecule has 0 saturated carbocycles. The number of hydrogen-bond acceptors (Lipinski definition) is 2. The SMILES string of the molecule is CC(CN)CCC(=O)N1CCCC1c1cccc(Cl)c1. The summed E-state index contributed by atoms with van der Waals surface area (Å²) < 4.78 is 0. The maximum atomic E-state index is 12.4. The zero-order valence-electron chi connectivity index (χ0n) is 12.0. The van der Waals surface area contributed by atoms with Crippen LogP contribution < -0.4 is 5.73 Å². The van der Waals surface area contributed by atoms with E-state index in [2.05, 4.69) is 13.0 Å². The first-order chi connectivity index (χ1) is 9.61. The summed E-state index contributed by atoms with van der Waals surface area (Å²) in [6, 6.07) is 8.05. The van der Waals surface area contributed by atoms with Gasteiger partial charge in [-0.2, -0.15) is 0 Å². The molecule has 0 aliphatic carbocycles. The molecule has 110 valence electrons. The fourth-order valence-corrected chi connectivity index (χ4v) is 2.96. The second-order valence-corrected chi connectivity index (χ2v) is 6.12. The summed E-state index contributed by atoms with van der Waals surface area (Å²) in [6.07, 6.45) is 3.55. The molecular weight excluding hydrogens is 272 g/mol. The summed E-state index contributed by atoms with van der Waals surface area (Å²) in [5.41, 5.74) is 6.76. The fraction of sp³-hybridized carbons (Fsp3) is 0.562. The first kappa shape index (κ1) is 15.3. The van der Waals surface area contributed by atoms with Gasteiger partial charge in [-0.25, -0.2) is 0 Å². The Labute approximate surface area is 126 Å². The van der Waals surface area contributed by atoms with Gasteiger partial charge in [0, 0.05) is 18.0 Å². The van der Waals surface area contributed by atoms with Crippen LogP contribution in [0.5, 0.6) is 0 Å². The molecule has 0 radical (unpaired) electrons. The Morgan fingerprint density at radius 2 is 2.35 bits per heavy atom. The van der Waals surface area contributed by atoms with Crippen molar-refractivity contribution < 1.29 is 4.79 Å². The largest absolute Gasteiger partial charge is 0.336 e. The van der Waals surface area contributed by atoms with Crippen LogP contribution in [-0.2, 0) is 4.79 Å². The van der Waals surface area contributed by atoms with Gasteiger partial charge in [-0.3, -0.25) is 4.79 Å². The number of rotatable bonds is 5. The van der Waals surface area contributed by atoms with E-state index in [-0.39, 0.29) is 11.9 Å². The number of benzene rings is 1. The summed E-state index contributed by atoms with van der Waals surface area (Å²) >= 11 is 6.05. The van der Waals surface area contributed by atoms with Gasteiger partial charge in [-0.1, -0.05) is 30.7 Å². The first-order valence-electron chi connectivity index (χ1n) is 7.37. The number of carbonyl (C=O) groups is 1. The maximum Gasteiger partial charge on any atom is 0.223 e. The van der Waals surface area contributed by atoms with E-state index in [0.29, 0.717) is 18.9 Å².